The predicted octanol–water partition coefficient (Wildman–Crippen LogP) is 1.66. The summed E-state index contributed by atoms with van der Waals surface area (Å²) in [5, 5.41) is 3.11. The van der Waals surface area contributed by atoms with Crippen LogP contribution in [-0.2, 0) is 4.74 Å². The summed E-state index contributed by atoms with van der Waals surface area (Å²) in [6.45, 7) is 1.93. The molecule has 1 aromatic rings. The van der Waals surface area contributed by atoms with Gasteiger partial charge in [-0.3, -0.25) is 0 Å². The van der Waals surface area contributed by atoms with Crippen LogP contribution in [0.15, 0.2) is 12.4 Å². The Morgan fingerprint density at radius 1 is 1.27 bits per heavy atom. The number of cyclic esters (lactones) is 1. The predicted molar refractivity (Wildman–Crippen MR) is 78.7 cm³/mol. The third kappa shape index (κ3) is 3.23. The summed E-state index contributed by atoms with van der Waals surface area (Å²) >= 11 is 0. The Labute approximate surface area is 129 Å². The van der Waals surface area contributed by atoms with Crippen molar-refractivity contribution in [2.75, 3.05) is 25.0 Å². The summed E-state index contributed by atoms with van der Waals surface area (Å²) in [5.74, 6) is 1.94. The first-order valence-electron chi connectivity index (χ1n) is 7.94. The van der Waals surface area contributed by atoms with E-state index in [1.54, 1.807) is 12.4 Å². The maximum atomic E-state index is 11.7. The fourth-order valence-electron chi connectivity index (χ4n) is 2.52. The van der Waals surface area contributed by atoms with Crippen LogP contribution in [-0.4, -0.2) is 52.8 Å². The van der Waals surface area contributed by atoms with Crippen molar-refractivity contribution < 1.29 is 14.3 Å². The maximum Gasteiger partial charge on any atom is 0.410 e. The number of carbonyl (C=O) groups is 1. The second-order valence-corrected chi connectivity index (χ2v) is 6.27. The summed E-state index contributed by atoms with van der Waals surface area (Å²) in [5.41, 5.74) is 0. The molecule has 4 rings (SSSR count). The normalized spacial score (nSPS) is 24.3. The van der Waals surface area contributed by atoms with Crippen LogP contribution in [0.3, 0.4) is 0 Å². The molecule has 2 heterocycles. The Balaban J connectivity index is 1.23. The fraction of sp³-hybridized carbons (Fsp3) is 0.667. The topological polar surface area (TPSA) is 76.6 Å². The highest BCUT2D eigenvalue weighted by Crippen LogP contribution is 2.31. The van der Waals surface area contributed by atoms with E-state index in [4.69, 9.17) is 9.47 Å². The number of nitrogens with one attached hydrogen (secondary N) is 1. The molecule has 118 valence electrons. The molecule has 2 saturated carbocycles. The Hall–Kier alpha value is -2.05. The van der Waals surface area contributed by atoms with Gasteiger partial charge >= 0.3 is 6.09 Å². The van der Waals surface area contributed by atoms with E-state index in [-0.39, 0.29) is 12.2 Å². The lowest BCUT2D eigenvalue weighted by molar-refractivity contribution is 0.135. The molecule has 0 bridgehead atoms. The first-order valence-corrected chi connectivity index (χ1v) is 7.94. The molecule has 0 spiro atoms. The van der Waals surface area contributed by atoms with E-state index >= 15 is 0 Å². The highest BCUT2D eigenvalue weighted by atomic mass is 16.6. The Kier molecular flexibility index (Phi) is 3.48. The largest absolute Gasteiger partial charge is 0.490 e. The lowest BCUT2D eigenvalue weighted by Crippen LogP contribution is -2.29. The van der Waals surface area contributed by atoms with Crippen molar-refractivity contribution in [3.8, 4) is 5.75 Å². The molecule has 1 N–H and O–H groups in total. The van der Waals surface area contributed by atoms with Crippen molar-refractivity contribution >= 4 is 12.0 Å². The van der Waals surface area contributed by atoms with Gasteiger partial charge in [-0.2, -0.15) is 0 Å². The van der Waals surface area contributed by atoms with E-state index in [2.05, 4.69) is 15.3 Å². The average molecular weight is 304 g/mol. The number of anilines is 1. The molecule has 1 atom stereocenters. The van der Waals surface area contributed by atoms with Gasteiger partial charge in [0.2, 0.25) is 5.95 Å². The molecule has 1 unspecified atom stereocenters. The zero-order chi connectivity index (χ0) is 14.9. The number of ether oxygens (including phenoxy) is 2. The highest BCUT2D eigenvalue weighted by molar-refractivity contribution is 5.70. The van der Waals surface area contributed by atoms with Gasteiger partial charge in [-0.1, -0.05) is 0 Å². The molecule has 0 aromatic carbocycles. The monoisotopic (exact) mass is 304 g/mol. The Morgan fingerprint density at radius 2 is 2.05 bits per heavy atom. The van der Waals surface area contributed by atoms with Crippen LogP contribution in [0, 0.1) is 5.92 Å². The van der Waals surface area contributed by atoms with Gasteiger partial charge in [0.25, 0.3) is 0 Å². The summed E-state index contributed by atoms with van der Waals surface area (Å²) in [6.07, 6.45) is 7.74. The van der Waals surface area contributed by atoms with Crippen LogP contribution in [0.5, 0.6) is 5.75 Å². The van der Waals surface area contributed by atoms with Crippen LogP contribution in [0.25, 0.3) is 0 Å². The van der Waals surface area contributed by atoms with Crippen LogP contribution >= 0.6 is 0 Å². The SMILES string of the molecule is O=C1OC(CNc2ncc(OCC3CC3)cn2)CN1C1CC1. The molecule has 7 nitrogen and oxygen atoms in total. The summed E-state index contributed by atoms with van der Waals surface area (Å²) in [7, 11) is 0. The van der Waals surface area contributed by atoms with E-state index in [0.717, 1.165) is 19.4 Å². The quantitative estimate of drug-likeness (QED) is 0.825. The van der Waals surface area contributed by atoms with Crippen LogP contribution < -0.4 is 10.1 Å². The first-order chi connectivity index (χ1) is 10.8. The smallest absolute Gasteiger partial charge is 0.410 e. The van der Waals surface area contributed by atoms with Crippen molar-refractivity contribution in [1.82, 2.24) is 14.9 Å². The molecule has 1 aromatic heterocycles. The second-order valence-electron chi connectivity index (χ2n) is 6.27. The molecule has 2 aliphatic carbocycles. The minimum atomic E-state index is -0.195. The number of hydrogen-bond donors (Lipinski definition) is 1. The molecule has 3 fully saturated rings. The van der Waals surface area contributed by atoms with E-state index < -0.39 is 0 Å². The minimum absolute atomic E-state index is 0.137. The standard InChI is InChI=1S/C15H20N4O3/c20-15-19(11-3-4-11)8-13(22-15)7-18-14-16-5-12(6-17-14)21-9-10-1-2-10/h5-6,10-11,13H,1-4,7-9H2,(H,16,17,18). The van der Waals surface area contributed by atoms with Crippen molar-refractivity contribution in [2.24, 2.45) is 5.92 Å². The maximum absolute atomic E-state index is 11.7. The number of carbonyl (C=O) groups excluding carboxylic acids is 1. The van der Waals surface area contributed by atoms with Gasteiger partial charge in [-0.15, -0.1) is 0 Å². The number of aromatic nitrogens is 2. The zero-order valence-electron chi connectivity index (χ0n) is 12.4. The first kappa shape index (κ1) is 13.6. The van der Waals surface area contributed by atoms with Crippen molar-refractivity contribution in [1.29, 1.82) is 0 Å². The zero-order valence-corrected chi connectivity index (χ0v) is 12.4. The number of amides is 1. The number of nitrogens with zero attached hydrogens (tertiary/aromatic N) is 3. The van der Waals surface area contributed by atoms with Crippen LogP contribution in [0.2, 0.25) is 0 Å². The highest BCUT2D eigenvalue weighted by Gasteiger charge is 2.40. The number of rotatable bonds is 7. The van der Waals surface area contributed by atoms with Crippen LogP contribution in [0.1, 0.15) is 25.7 Å². The van der Waals surface area contributed by atoms with E-state index in [9.17, 15) is 4.79 Å². The summed E-state index contributed by atoms with van der Waals surface area (Å²) < 4.78 is 10.9. The minimum Gasteiger partial charge on any atom is -0.490 e. The lowest BCUT2D eigenvalue weighted by Gasteiger charge is -2.11. The molecule has 7 heteroatoms. The average Bonchev–Trinajstić information content (AvgIpc) is 3.44. The lowest BCUT2D eigenvalue weighted by atomic mass is 10.3. The summed E-state index contributed by atoms with van der Waals surface area (Å²) in [4.78, 5) is 21.9. The van der Waals surface area contributed by atoms with Gasteiger partial charge in [0.05, 0.1) is 32.1 Å². The van der Waals surface area contributed by atoms with Gasteiger partial charge in [0.1, 0.15) is 6.10 Å². The fourth-order valence-corrected chi connectivity index (χ4v) is 2.52. The molecule has 1 saturated heterocycles. The van der Waals surface area contributed by atoms with E-state index in [0.29, 0.717) is 36.7 Å². The second kappa shape index (κ2) is 5.62. The van der Waals surface area contributed by atoms with Gasteiger partial charge in [0, 0.05) is 6.04 Å². The van der Waals surface area contributed by atoms with Crippen molar-refractivity contribution in [3.63, 3.8) is 0 Å². The Morgan fingerprint density at radius 3 is 2.73 bits per heavy atom. The third-order valence-corrected chi connectivity index (χ3v) is 4.19. The molecule has 1 amide bonds. The van der Waals surface area contributed by atoms with Crippen molar-refractivity contribution in [3.05, 3.63) is 12.4 Å². The van der Waals surface area contributed by atoms with Gasteiger partial charge in [0.15, 0.2) is 5.75 Å². The van der Waals surface area contributed by atoms with Gasteiger partial charge in [-0.25, -0.2) is 14.8 Å². The Bertz CT molecular complexity index is 542. The van der Waals surface area contributed by atoms with Crippen LogP contribution in [0.4, 0.5) is 10.7 Å². The molecular formula is C15H20N4O3. The third-order valence-electron chi connectivity index (χ3n) is 4.19. The molecule has 0 radical (unpaired) electrons. The van der Waals surface area contributed by atoms with Crippen molar-refractivity contribution in [2.45, 2.75) is 37.8 Å². The number of hydrogen-bond acceptors (Lipinski definition) is 6. The molecule has 22 heavy (non-hydrogen) atoms. The molecular weight excluding hydrogens is 284 g/mol. The van der Waals surface area contributed by atoms with E-state index in [1.165, 1.54) is 12.8 Å². The molecule has 1 aliphatic heterocycles. The van der Waals surface area contributed by atoms with Gasteiger partial charge < -0.3 is 19.7 Å². The van der Waals surface area contributed by atoms with Gasteiger partial charge in [-0.05, 0) is 31.6 Å². The summed E-state index contributed by atoms with van der Waals surface area (Å²) in [6, 6.07) is 0.400. The van der Waals surface area contributed by atoms with E-state index in [1.807, 2.05) is 4.90 Å². The molecule has 3 aliphatic rings.